The van der Waals surface area contributed by atoms with Gasteiger partial charge < -0.3 is 5.41 Å². The second-order valence-corrected chi connectivity index (χ2v) is 1.99. The summed E-state index contributed by atoms with van der Waals surface area (Å²) < 4.78 is 0. The maximum Gasteiger partial charge on any atom is 0.0615 e. The van der Waals surface area contributed by atoms with Gasteiger partial charge in [-0.15, -0.1) is 5.73 Å². The molecule has 0 atom stereocenters. The summed E-state index contributed by atoms with van der Waals surface area (Å²) in [6.07, 6.45) is 9.08. The van der Waals surface area contributed by atoms with Crippen LogP contribution < -0.4 is 0 Å². The second-order valence-electron chi connectivity index (χ2n) is 1.99. The summed E-state index contributed by atoms with van der Waals surface area (Å²) in [6, 6.07) is 0. The summed E-state index contributed by atoms with van der Waals surface area (Å²) in [6.45, 7) is 5.92. The van der Waals surface area contributed by atoms with Crippen molar-refractivity contribution < 1.29 is 0 Å². The summed E-state index contributed by atoms with van der Waals surface area (Å²) >= 11 is 0. The van der Waals surface area contributed by atoms with Crippen LogP contribution in [0.1, 0.15) is 20.8 Å². The van der Waals surface area contributed by atoms with E-state index < -0.39 is 0 Å². The summed E-state index contributed by atoms with van der Waals surface area (Å²) in [7, 11) is 0. The minimum absolute atomic E-state index is 0.545. The fourth-order valence-electron chi connectivity index (χ4n) is 0.751. The smallest absolute Gasteiger partial charge is 0.0615 e. The molecule has 1 aliphatic rings. The first kappa shape index (κ1) is 10.7. The van der Waals surface area contributed by atoms with Gasteiger partial charge in [0.15, 0.2) is 0 Å². The van der Waals surface area contributed by atoms with E-state index in [1.165, 1.54) is 0 Å². The van der Waals surface area contributed by atoms with Gasteiger partial charge in [0.05, 0.1) is 5.71 Å². The van der Waals surface area contributed by atoms with Gasteiger partial charge in [-0.25, -0.2) is 0 Å². The SMILES string of the molecule is C/C=C1/C=C=CC=CC1=N.CC. The average Bonchev–Trinajstić information content (AvgIpc) is 2.33. The van der Waals surface area contributed by atoms with E-state index in [0.717, 1.165) is 5.57 Å². The van der Waals surface area contributed by atoms with Crippen LogP contribution in [0.25, 0.3) is 0 Å². The molecule has 0 aromatic heterocycles. The Hall–Kier alpha value is -1.33. The number of hydrogen-bond acceptors (Lipinski definition) is 1. The molecular weight excluding hydrogens is 146 g/mol. The van der Waals surface area contributed by atoms with Crippen LogP contribution in [0.5, 0.6) is 0 Å². The van der Waals surface area contributed by atoms with Crippen LogP contribution in [0.3, 0.4) is 0 Å². The van der Waals surface area contributed by atoms with E-state index in [1.54, 1.807) is 12.2 Å². The number of nitrogens with one attached hydrogen (secondary N) is 1. The maximum absolute atomic E-state index is 7.44. The fourth-order valence-corrected chi connectivity index (χ4v) is 0.751. The normalized spacial score (nSPS) is 17.2. The lowest BCUT2D eigenvalue weighted by molar-refractivity contribution is 1.50. The molecule has 0 bridgehead atoms. The van der Waals surface area contributed by atoms with E-state index in [4.69, 9.17) is 5.41 Å². The molecule has 0 radical (unpaired) electrons. The molecule has 0 unspecified atom stereocenters. The molecule has 1 rings (SSSR count). The van der Waals surface area contributed by atoms with Crippen molar-refractivity contribution >= 4 is 5.71 Å². The molecule has 0 fully saturated rings. The van der Waals surface area contributed by atoms with Crippen molar-refractivity contribution in [3.05, 3.63) is 41.7 Å². The first-order valence-electron chi connectivity index (χ1n) is 4.19. The zero-order chi connectivity index (χ0) is 9.40. The Kier molecular flexibility index (Phi) is 5.68. The van der Waals surface area contributed by atoms with Gasteiger partial charge in [-0.1, -0.05) is 26.0 Å². The third-order valence-corrected chi connectivity index (χ3v) is 1.32. The highest BCUT2D eigenvalue weighted by molar-refractivity contribution is 6.08. The summed E-state index contributed by atoms with van der Waals surface area (Å²) in [5, 5.41) is 7.44. The van der Waals surface area contributed by atoms with Crippen molar-refractivity contribution in [2.75, 3.05) is 0 Å². The molecule has 0 spiro atoms. The van der Waals surface area contributed by atoms with Crippen LogP contribution >= 0.6 is 0 Å². The number of hydrogen-bond donors (Lipinski definition) is 1. The second kappa shape index (κ2) is 6.38. The Morgan fingerprint density at radius 2 is 2.08 bits per heavy atom. The Morgan fingerprint density at radius 3 is 2.67 bits per heavy atom. The molecule has 12 heavy (non-hydrogen) atoms. The van der Waals surface area contributed by atoms with E-state index >= 15 is 0 Å². The Morgan fingerprint density at radius 1 is 1.42 bits per heavy atom. The first-order valence-corrected chi connectivity index (χ1v) is 4.19. The van der Waals surface area contributed by atoms with Crippen molar-refractivity contribution in [2.24, 2.45) is 0 Å². The molecule has 1 nitrogen and oxygen atoms in total. The maximum atomic E-state index is 7.44. The summed E-state index contributed by atoms with van der Waals surface area (Å²) in [4.78, 5) is 0. The monoisotopic (exact) mass is 161 g/mol. The van der Waals surface area contributed by atoms with Gasteiger partial charge >= 0.3 is 0 Å². The highest BCUT2D eigenvalue weighted by Crippen LogP contribution is 2.02. The molecule has 1 heteroatoms. The van der Waals surface area contributed by atoms with Gasteiger partial charge in [0.2, 0.25) is 0 Å². The van der Waals surface area contributed by atoms with Crippen LogP contribution in [0.15, 0.2) is 41.7 Å². The lowest BCUT2D eigenvalue weighted by Gasteiger charge is -1.93. The molecule has 0 heterocycles. The zero-order valence-corrected chi connectivity index (χ0v) is 7.89. The summed E-state index contributed by atoms with van der Waals surface area (Å²) in [5.74, 6) is 0. The highest BCUT2D eigenvalue weighted by atomic mass is 14.4. The average molecular weight is 161 g/mol. The van der Waals surface area contributed by atoms with Crippen LogP contribution in [-0.4, -0.2) is 5.71 Å². The Bertz CT molecular complexity index is 261. The molecule has 64 valence electrons. The topological polar surface area (TPSA) is 23.9 Å². The molecular formula is C11H15N. The van der Waals surface area contributed by atoms with Crippen LogP contribution in [0.2, 0.25) is 0 Å². The molecule has 1 N–H and O–H groups in total. The molecule has 0 saturated heterocycles. The van der Waals surface area contributed by atoms with Crippen molar-refractivity contribution in [1.29, 1.82) is 5.41 Å². The lowest BCUT2D eigenvalue weighted by Crippen LogP contribution is -1.91. The number of allylic oxidation sites excluding steroid dienone is 5. The van der Waals surface area contributed by atoms with Gasteiger partial charge in [0.1, 0.15) is 0 Å². The predicted molar refractivity (Wildman–Crippen MR) is 54.6 cm³/mol. The molecule has 0 saturated carbocycles. The van der Waals surface area contributed by atoms with Crippen LogP contribution in [0.4, 0.5) is 0 Å². The molecule has 0 aromatic carbocycles. The molecule has 0 amide bonds. The standard InChI is InChI=1S/C9H9N.C2H6/c1-2-8-6-4-3-5-7-9(8)10;1-2/h2-3,5-7,10H,1H3;1-2H3/b8-2-,10-9?;. The highest BCUT2D eigenvalue weighted by Gasteiger charge is 1.95. The van der Waals surface area contributed by atoms with Crippen molar-refractivity contribution in [2.45, 2.75) is 20.8 Å². The third-order valence-electron chi connectivity index (χ3n) is 1.32. The molecule has 0 aromatic rings. The van der Waals surface area contributed by atoms with Gasteiger partial charge in [0, 0.05) is 5.57 Å². The van der Waals surface area contributed by atoms with Crippen molar-refractivity contribution in [1.82, 2.24) is 0 Å². The largest absolute Gasteiger partial charge is 0.300 e. The predicted octanol–water partition coefficient (Wildman–Crippen LogP) is 3.26. The van der Waals surface area contributed by atoms with E-state index in [9.17, 15) is 0 Å². The van der Waals surface area contributed by atoms with Gasteiger partial charge in [-0.3, -0.25) is 0 Å². The van der Waals surface area contributed by atoms with Gasteiger partial charge in [-0.2, -0.15) is 0 Å². The quantitative estimate of drug-likeness (QED) is 0.527. The fraction of sp³-hybridized carbons (Fsp3) is 0.273. The minimum Gasteiger partial charge on any atom is -0.300 e. The van der Waals surface area contributed by atoms with Crippen molar-refractivity contribution in [3.63, 3.8) is 0 Å². The summed E-state index contributed by atoms with van der Waals surface area (Å²) in [5.41, 5.74) is 4.40. The molecule has 0 aliphatic heterocycles. The van der Waals surface area contributed by atoms with Crippen molar-refractivity contribution in [3.8, 4) is 0 Å². The molecule has 1 aliphatic carbocycles. The van der Waals surface area contributed by atoms with Gasteiger partial charge in [0.25, 0.3) is 0 Å². The van der Waals surface area contributed by atoms with Gasteiger partial charge in [-0.05, 0) is 25.2 Å². The third kappa shape index (κ3) is 3.18. The first-order chi connectivity index (χ1) is 5.84. The zero-order valence-electron chi connectivity index (χ0n) is 7.89. The lowest BCUT2D eigenvalue weighted by atomic mass is 10.1. The van der Waals surface area contributed by atoms with E-state index in [-0.39, 0.29) is 0 Å². The van der Waals surface area contributed by atoms with E-state index in [1.807, 2.05) is 39.0 Å². The number of rotatable bonds is 0. The van der Waals surface area contributed by atoms with E-state index in [0.29, 0.717) is 5.71 Å². The van der Waals surface area contributed by atoms with E-state index in [2.05, 4.69) is 5.73 Å². The Balaban J connectivity index is 0.000000561. The van der Waals surface area contributed by atoms with Crippen LogP contribution in [-0.2, 0) is 0 Å². The van der Waals surface area contributed by atoms with Crippen LogP contribution in [0, 0.1) is 5.41 Å². The Labute approximate surface area is 74.3 Å². The minimum atomic E-state index is 0.545.